The van der Waals surface area contributed by atoms with Crippen molar-refractivity contribution in [2.45, 2.75) is 74.6 Å². The first-order valence-corrected chi connectivity index (χ1v) is 7.15. The van der Waals surface area contributed by atoms with Gasteiger partial charge in [0.15, 0.2) is 0 Å². The molecule has 2 nitrogen and oxygen atoms in total. The molecular weight excluding hydrogens is 602 g/mol. The van der Waals surface area contributed by atoms with E-state index in [1.54, 1.807) is 0 Å². The fourth-order valence-corrected chi connectivity index (χ4v) is 1.50. The van der Waals surface area contributed by atoms with E-state index in [9.17, 15) is 0 Å². The van der Waals surface area contributed by atoms with Crippen molar-refractivity contribution < 1.29 is 46.9 Å². The van der Waals surface area contributed by atoms with Gasteiger partial charge in [-0.25, -0.2) is 12.6 Å². The quantitative estimate of drug-likeness (QED) is 0.425. The number of hydrogen-bond acceptors (Lipinski definition) is 2. The Morgan fingerprint density at radius 2 is 1.38 bits per heavy atom. The van der Waals surface area contributed by atoms with Crippen molar-refractivity contribution in [1.82, 2.24) is 5.32 Å². The first-order chi connectivity index (χ1) is 8.18. The van der Waals surface area contributed by atoms with Crippen LogP contribution in [0.4, 0.5) is 0 Å². The van der Waals surface area contributed by atoms with Crippen LogP contribution in [-0.4, -0.2) is 12.3 Å². The third-order valence-corrected chi connectivity index (χ3v) is 2.17. The summed E-state index contributed by atoms with van der Waals surface area (Å²) in [6, 6.07) is 0.277. The Balaban J connectivity index is -0.000000405. The van der Waals surface area contributed by atoms with Crippen molar-refractivity contribution in [2.75, 3.05) is 0 Å². The number of nitrogens with one attached hydrogen (secondary N) is 1. The van der Waals surface area contributed by atoms with E-state index < -0.39 is 0 Å². The van der Waals surface area contributed by atoms with Crippen molar-refractivity contribution in [3.05, 3.63) is 20.0 Å². The maximum Gasteiger partial charge on any atom is 2.00 e. The third kappa shape index (κ3) is 17.5. The Morgan fingerprint density at radius 1 is 1.00 bits per heavy atom. The molecule has 2 atom stereocenters. The van der Waals surface area contributed by atoms with Gasteiger partial charge in [0.1, 0.15) is 0 Å². The summed E-state index contributed by atoms with van der Waals surface area (Å²) in [4.78, 5) is 0. The molecule has 1 N–H and O–H groups in total. The molecule has 0 aromatic carbocycles. The molecule has 126 valence electrons. The molecule has 1 heterocycles. The van der Waals surface area contributed by atoms with Crippen LogP contribution in [0.5, 0.6) is 0 Å². The minimum Gasteiger partial charge on any atom is -0.539 e. The predicted octanol–water partition coefficient (Wildman–Crippen LogP) is 4.62. The SMILES string of the molecule is CC(C)(C)[CH-]C1[CH-]OC(C(C)(C)C)N1.[CH2-]C(C)(C)C.[W+2].[W]. The van der Waals surface area contributed by atoms with Crippen molar-refractivity contribution in [1.29, 1.82) is 0 Å². The van der Waals surface area contributed by atoms with Crippen LogP contribution in [0.25, 0.3) is 0 Å². The molecule has 0 aromatic rings. The molecule has 1 aliphatic rings. The molecule has 1 rings (SSSR count). The largest absolute Gasteiger partial charge is 2.00 e. The van der Waals surface area contributed by atoms with Gasteiger partial charge in [-0.05, 0) is 5.41 Å². The topological polar surface area (TPSA) is 21.3 Å². The molecule has 1 aliphatic heterocycles. The van der Waals surface area contributed by atoms with E-state index in [2.05, 4.69) is 81.0 Å². The van der Waals surface area contributed by atoms with Crippen molar-refractivity contribution in [2.24, 2.45) is 16.2 Å². The maximum atomic E-state index is 5.61. The van der Waals surface area contributed by atoms with Crippen LogP contribution in [0.3, 0.4) is 0 Å². The van der Waals surface area contributed by atoms with Crippen LogP contribution in [0, 0.1) is 36.2 Å². The molecule has 0 amide bonds. The van der Waals surface area contributed by atoms with E-state index in [-0.39, 0.29) is 70.6 Å². The smallest absolute Gasteiger partial charge is 0.539 e. The van der Waals surface area contributed by atoms with Crippen molar-refractivity contribution >= 4 is 0 Å². The number of hydrogen-bond donors (Lipinski definition) is 1. The molecular formula is C17H34NOW2-. The Hall–Kier alpha value is 1.30. The summed E-state index contributed by atoms with van der Waals surface area (Å²) in [6.07, 6.45) is 2.41. The first-order valence-electron chi connectivity index (χ1n) is 7.15. The minimum absolute atomic E-state index is 0. The Labute approximate surface area is 162 Å². The van der Waals surface area contributed by atoms with Crippen LogP contribution in [0.1, 0.15) is 62.3 Å². The van der Waals surface area contributed by atoms with Crippen molar-refractivity contribution in [3.8, 4) is 0 Å². The minimum atomic E-state index is 0. The standard InChI is InChI=1S/C12H23NO.C5H11.2W/c1-11(2,3)7-9-8-14-10(13-9)12(4,5)6;1-5(2,3)4;;/h7-10,13H,1-6H3;1H2,2-4H3;;/q-2;-1;;+2. The van der Waals surface area contributed by atoms with Gasteiger partial charge < -0.3 is 23.4 Å². The Kier molecular flexibility index (Phi) is 13.2. The van der Waals surface area contributed by atoms with Gasteiger partial charge in [-0.1, -0.05) is 62.3 Å². The Bertz CT molecular complexity index is 255. The molecule has 1 saturated heterocycles. The van der Waals surface area contributed by atoms with Gasteiger partial charge in [-0.15, -0.1) is 0 Å². The summed E-state index contributed by atoms with van der Waals surface area (Å²) >= 11 is 0. The molecule has 0 radical (unpaired) electrons. The second-order valence-corrected chi connectivity index (χ2v) is 8.80. The summed E-state index contributed by atoms with van der Waals surface area (Å²) in [5, 5.41) is 3.45. The second kappa shape index (κ2) is 10.2. The average molecular weight is 636 g/mol. The van der Waals surface area contributed by atoms with E-state index in [0.717, 1.165) is 0 Å². The zero-order valence-corrected chi connectivity index (χ0v) is 21.1. The molecule has 0 aromatic heterocycles. The first kappa shape index (κ1) is 27.2. The van der Waals surface area contributed by atoms with Gasteiger partial charge in [-0.2, -0.15) is 10.8 Å². The average Bonchev–Trinajstić information content (AvgIpc) is 2.44. The van der Waals surface area contributed by atoms with Gasteiger partial charge in [0.05, 0.1) is 6.23 Å². The monoisotopic (exact) mass is 636 g/mol. The van der Waals surface area contributed by atoms with Gasteiger partial charge >= 0.3 is 21.1 Å². The number of rotatable bonds is 1. The normalized spacial score (nSPS) is 22.6. The van der Waals surface area contributed by atoms with E-state index >= 15 is 0 Å². The molecule has 0 spiro atoms. The number of ether oxygens (including phenoxy) is 1. The molecule has 0 saturated carbocycles. The summed E-state index contributed by atoms with van der Waals surface area (Å²) in [7, 11) is 0. The second-order valence-electron chi connectivity index (χ2n) is 8.80. The van der Waals surface area contributed by atoms with E-state index in [1.807, 2.05) is 6.61 Å². The van der Waals surface area contributed by atoms with Crippen LogP contribution < -0.4 is 5.32 Å². The summed E-state index contributed by atoms with van der Waals surface area (Å²) in [5.74, 6) is 0. The zero-order chi connectivity index (χ0) is 15.5. The van der Waals surface area contributed by atoms with Gasteiger partial charge in [-0.3, -0.25) is 0 Å². The molecule has 2 unspecified atom stereocenters. The van der Waals surface area contributed by atoms with Gasteiger partial charge in [0.25, 0.3) is 0 Å². The van der Waals surface area contributed by atoms with E-state index in [1.165, 1.54) is 0 Å². The molecule has 4 heteroatoms. The fraction of sp³-hybridized carbons (Fsp3) is 0.824. The molecule has 0 bridgehead atoms. The Morgan fingerprint density at radius 3 is 1.62 bits per heavy atom. The van der Waals surface area contributed by atoms with E-state index in [0.29, 0.717) is 0 Å². The van der Waals surface area contributed by atoms with Crippen LogP contribution in [0.2, 0.25) is 0 Å². The van der Waals surface area contributed by atoms with Crippen LogP contribution in [0.15, 0.2) is 0 Å². The van der Waals surface area contributed by atoms with Gasteiger partial charge in [0.2, 0.25) is 0 Å². The van der Waals surface area contributed by atoms with Crippen LogP contribution >= 0.6 is 0 Å². The molecule has 1 fully saturated rings. The third-order valence-electron chi connectivity index (χ3n) is 2.17. The summed E-state index contributed by atoms with van der Waals surface area (Å²) < 4.78 is 5.61. The summed E-state index contributed by atoms with van der Waals surface area (Å²) in [6.45, 7) is 25.0. The summed E-state index contributed by atoms with van der Waals surface area (Å²) in [5.41, 5.74) is 0.626. The fourth-order valence-electron chi connectivity index (χ4n) is 1.50. The van der Waals surface area contributed by atoms with Gasteiger partial charge in [0, 0.05) is 21.1 Å². The molecule has 21 heavy (non-hydrogen) atoms. The van der Waals surface area contributed by atoms with Crippen molar-refractivity contribution in [3.63, 3.8) is 0 Å². The zero-order valence-electron chi connectivity index (χ0n) is 15.2. The van der Waals surface area contributed by atoms with Crippen LogP contribution in [-0.2, 0) is 46.9 Å². The predicted molar refractivity (Wildman–Crippen MR) is 84.1 cm³/mol. The van der Waals surface area contributed by atoms with E-state index in [4.69, 9.17) is 4.74 Å². The molecule has 0 aliphatic carbocycles. The maximum absolute atomic E-state index is 5.61.